The molecule has 0 unspecified atom stereocenters. The van der Waals surface area contributed by atoms with E-state index < -0.39 is 6.43 Å². The average Bonchev–Trinajstić information content (AvgIpc) is 3.46. The molecule has 0 spiro atoms. The lowest BCUT2D eigenvalue weighted by Gasteiger charge is -2.13. The van der Waals surface area contributed by atoms with Crippen LogP contribution < -0.4 is 5.69 Å². The highest BCUT2D eigenvalue weighted by atomic mass is 19.3. The van der Waals surface area contributed by atoms with Gasteiger partial charge in [-0.2, -0.15) is 0 Å². The van der Waals surface area contributed by atoms with Crippen LogP contribution in [-0.2, 0) is 19.5 Å². The molecule has 36 heavy (non-hydrogen) atoms. The molecule has 2 heterocycles. The fourth-order valence-corrected chi connectivity index (χ4v) is 4.48. The van der Waals surface area contributed by atoms with Gasteiger partial charge < -0.3 is 0 Å². The van der Waals surface area contributed by atoms with Crippen molar-refractivity contribution < 1.29 is 8.78 Å². The lowest BCUT2D eigenvalue weighted by molar-refractivity contribution is 0.138. The maximum Gasteiger partial charge on any atom is 0.329 e. The van der Waals surface area contributed by atoms with Crippen molar-refractivity contribution in [1.82, 2.24) is 29.8 Å². The monoisotopic (exact) mass is 494 g/mol. The molecule has 4 aromatic rings. The van der Waals surface area contributed by atoms with E-state index in [1.807, 2.05) is 62.4 Å². The average molecular weight is 495 g/mol. The number of nitrogens with zero attached hydrogens (tertiary/aromatic N) is 5. The second kappa shape index (κ2) is 11.0. The van der Waals surface area contributed by atoms with Gasteiger partial charge in [0, 0.05) is 17.8 Å². The van der Waals surface area contributed by atoms with Gasteiger partial charge in [-0.25, -0.2) is 18.7 Å². The van der Waals surface area contributed by atoms with E-state index in [1.54, 1.807) is 0 Å². The van der Waals surface area contributed by atoms with Gasteiger partial charge in [0.25, 0.3) is 6.43 Å². The molecular weight excluding hydrogens is 462 g/mol. The molecule has 7 nitrogen and oxygen atoms in total. The molecule has 9 heteroatoms. The van der Waals surface area contributed by atoms with Crippen molar-refractivity contribution >= 4 is 0 Å². The van der Waals surface area contributed by atoms with Crippen LogP contribution in [0.2, 0.25) is 0 Å². The first-order chi connectivity index (χ1) is 17.3. The molecule has 0 fully saturated rings. The van der Waals surface area contributed by atoms with Gasteiger partial charge in [0.1, 0.15) is 5.69 Å². The van der Waals surface area contributed by atoms with E-state index >= 15 is 0 Å². The smallest absolute Gasteiger partial charge is 0.291 e. The van der Waals surface area contributed by atoms with Crippen molar-refractivity contribution in [1.29, 1.82) is 0 Å². The predicted octanol–water partition coefficient (Wildman–Crippen LogP) is 5.73. The Balaban J connectivity index is 1.70. The molecule has 4 rings (SSSR count). The van der Waals surface area contributed by atoms with Crippen molar-refractivity contribution in [2.45, 2.75) is 60.1 Å². The molecule has 2 aromatic heterocycles. The third kappa shape index (κ3) is 5.45. The summed E-state index contributed by atoms with van der Waals surface area (Å²) >= 11 is 0. The van der Waals surface area contributed by atoms with Gasteiger partial charge in [0.2, 0.25) is 0 Å². The molecule has 0 amide bonds. The fourth-order valence-electron chi connectivity index (χ4n) is 4.48. The minimum absolute atomic E-state index is 0.0768. The maximum atomic E-state index is 14.2. The summed E-state index contributed by atoms with van der Waals surface area (Å²) in [6.07, 6.45) is -1.53. The number of nitrogens with one attached hydrogen (secondary N) is 1. The summed E-state index contributed by atoms with van der Waals surface area (Å²) in [4.78, 5) is 13.3. The summed E-state index contributed by atoms with van der Waals surface area (Å²) in [6.45, 7) is 8.48. The van der Waals surface area contributed by atoms with E-state index in [0.29, 0.717) is 23.9 Å². The van der Waals surface area contributed by atoms with E-state index in [9.17, 15) is 13.6 Å². The Hall–Kier alpha value is -3.62. The lowest BCUT2D eigenvalue weighted by atomic mass is 9.98. The van der Waals surface area contributed by atoms with Crippen molar-refractivity contribution in [3.8, 4) is 22.5 Å². The zero-order valence-corrected chi connectivity index (χ0v) is 21.1. The molecule has 0 atom stereocenters. The molecule has 0 bridgehead atoms. The molecule has 0 aliphatic carbocycles. The van der Waals surface area contributed by atoms with E-state index in [-0.39, 0.29) is 30.4 Å². The number of benzene rings is 2. The first-order valence-corrected chi connectivity index (χ1v) is 12.3. The van der Waals surface area contributed by atoms with Crippen LogP contribution in [0.5, 0.6) is 0 Å². The second-order valence-corrected chi connectivity index (χ2v) is 9.93. The van der Waals surface area contributed by atoms with Crippen LogP contribution in [0, 0.1) is 11.8 Å². The zero-order valence-electron chi connectivity index (χ0n) is 21.1. The molecule has 0 radical (unpaired) electrons. The first-order valence-electron chi connectivity index (χ1n) is 12.3. The molecule has 0 aliphatic heterocycles. The number of imidazole rings is 1. The highest BCUT2D eigenvalue weighted by molar-refractivity contribution is 5.80. The predicted molar refractivity (Wildman–Crippen MR) is 136 cm³/mol. The Kier molecular flexibility index (Phi) is 7.76. The van der Waals surface area contributed by atoms with Crippen molar-refractivity contribution in [2.75, 3.05) is 0 Å². The highest BCUT2D eigenvalue weighted by Crippen LogP contribution is 2.30. The first kappa shape index (κ1) is 25.5. The van der Waals surface area contributed by atoms with Gasteiger partial charge in [-0.15, -0.1) is 5.10 Å². The number of tetrazole rings is 1. The molecule has 0 saturated carbocycles. The molecular formula is C27H32F2N6O. The summed E-state index contributed by atoms with van der Waals surface area (Å²) in [7, 11) is 0. The van der Waals surface area contributed by atoms with E-state index in [0.717, 1.165) is 28.7 Å². The quantitative estimate of drug-likeness (QED) is 0.305. The van der Waals surface area contributed by atoms with E-state index in [2.05, 4.69) is 34.5 Å². The van der Waals surface area contributed by atoms with Crippen LogP contribution in [0.25, 0.3) is 22.5 Å². The highest BCUT2D eigenvalue weighted by Gasteiger charge is 2.26. The number of alkyl halides is 2. The number of hydrogen-bond acceptors (Lipinski definition) is 4. The summed E-state index contributed by atoms with van der Waals surface area (Å²) in [6, 6.07) is 15.6. The number of aromatic amines is 1. The van der Waals surface area contributed by atoms with Crippen molar-refractivity contribution in [3.05, 3.63) is 76.0 Å². The van der Waals surface area contributed by atoms with Crippen molar-refractivity contribution in [2.24, 2.45) is 11.8 Å². The summed E-state index contributed by atoms with van der Waals surface area (Å²) in [5, 5.41) is 14.2. The third-order valence-electron chi connectivity index (χ3n) is 6.22. The van der Waals surface area contributed by atoms with Gasteiger partial charge in [0.15, 0.2) is 5.82 Å². The minimum atomic E-state index is -2.70. The summed E-state index contributed by atoms with van der Waals surface area (Å²) in [5.74, 6) is 0.987. The molecule has 0 saturated heterocycles. The van der Waals surface area contributed by atoms with Crippen LogP contribution in [0.3, 0.4) is 0 Å². The lowest BCUT2D eigenvalue weighted by Crippen LogP contribution is -2.27. The second-order valence-electron chi connectivity index (χ2n) is 9.93. The third-order valence-corrected chi connectivity index (χ3v) is 6.22. The van der Waals surface area contributed by atoms with Crippen LogP contribution in [-0.4, -0.2) is 29.8 Å². The Labute approximate surface area is 209 Å². The standard InChI is InChI=1S/C27H32F2N6O/c1-17(2)9-14-23-24(25(28)29)35(15-18(3)4)27(36)34(23)16-19-10-12-20(13-11-19)21-7-5-6-8-22(21)26-30-32-33-31-26/h5-8,10-13,17-18,25H,9,14-16H2,1-4H3,(H,30,31,32,33). The Morgan fingerprint density at radius 3 is 2.19 bits per heavy atom. The molecule has 0 aliphatic rings. The largest absolute Gasteiger partial charge is 0.329 e. The normalized spacial score (nSPS) is 11.8. The number of aromatic nitrogens is 6. The molecule has 2 aromatic carbocycles. The van der Waals surface area contributed by atoms with Gasteiger partial charge in [-0.05, 0) is 51.8 Å². The van der Waals surface area contributed by atoms with E-state index in [1.165, 1.54) is 9.13 Å². The van der Waals surface area contributed by atoms with E-state index in [4.69, 9.17) is 0 Å². The van der Waals surface area contributed by atoms with Crippen LogP contribution >= 0.6 is 0 Å². The minimum Gasteiger partial charge on any atom is -0.291 e. The number of halogens is 2. The van der Waals surface area contributed by atoms with Gasteiger partial charge in [0.05, 0.1) is 6.54 Å². The Morgan fingerprint density at radius 2 is 1.61 bits per heavy atom. The van der Waals surface area contributed by atoms with Gasteiger partial charge >= 0.3 is 5.69 Å². The van der Waals surface area contributed by atoms with Crippen LogP contribution in [0.1, 0.15) is 57.5 Å². The molecule has 1 N–H and O–H groups in total. The maximum absolute atomic E-state index is 14.2. The Morgan fingerprint density at radius 1 is 0.917 bits per heavy atom. The number of H-pyrrole nitrogens is 1. The fraction of sp³-hybridized carbons (Fsp3) is 0.407. The number of hydrogen-bond donors (Lipinski definition) is 1. The van der Waals surface area contributed by atoms with Crippen LogP contribution in [0.15, 0.2) is 53.3 Å². The SMILES string of the molecule is CC(C)CCc1c(C(F)F)n(CC(C)C)c(=O)n1Cc1ccc(-c2ccccc2-c2nnn[nH]2)cc1. The zero-order chi connectivity index (χ0) is 25.8. The topological polar surface area (TPSA) is 81.4 Å². The van der Waals surface area contributed by atoms with Crippen LogP contribution in [0.4, 0.5) is 8.78 Å². The summed E-state index contributed by atoms with van der Waals surface area (Å²) in [5.41, 5.74) is 3.59. The van der Waals surface area contributed by atoms with Crippen molar-refractivity contribution in [3.63, 3.8) is 0 Å². The Bertz CT molecular complexity index is 1340. The van der Waals surface area contributed by atoms with Gasteiger partial charge in [-0.1, -0.05) is 76.2 Å². The molecule has 190 valence electrons. The number of rotatable bonds is 10. The summed E-state index contributed by atoms with van der Waals surface area (Å²) < 4.78 is 31.2. The van der Waals surface area contributed by atoms with Gasteiger partial charge in [-0.3, -0.25) is 9.13 Å².